The molecular weight excluding hydrogens is 284 g/mol. The number of aryl methyl sites for hydroxylation is 1. The van der Waals surface area contributed by atoms with Gasteiger partial charge in [-0.15, -0.1) is 0 Å². The molecule has 110 valence electrons. The van der Waals surface area contributed by atoms with Crippen LogP contribution in [0.5, 0.6) is 0 Å². The number of carboxylic acid groups (broad SMARTS) is 1. The molecule has 1 aromatic heterocycles. The van der Waals surface area contributed by atoms with E-state index < -0.39 is 12.0 Å². The summed E-state index contributed by atoms with van der Waals surface area (Å²) >= 11 is 6.11. The first-order chi connectivity index (χ1) is 9.56. The van der Waals surface area contributed by atoms with Crippen LogP contribution in [-0.4, -0.2) is 46.5 Å². The lowest BCUT2D eigenvalue weighted by atomic mass is 10.2. The van der Waals surface area contributed by atoms with E-state index in [9.17, 15) is 14.7 Å². The Morgan fingerprint density at radius 2 is 2.40 bits per heavy atom. The highest BCUT2D eigenvalue weighted by atomic mass is 35.5. The molecule has 8 heteroatoms. The predicted octanol–water partition coefficient (Wildman–Crippen LogP) is 0.169. The third kappa shape index (κ3) is 2.78. The molecule has 1 saturated heterocycles. The molecule has 1 aromatic rings. The monoisotopic (exact) mass is 300 g/mol. The molecule has 0 spiro atoms. The van der Waals surface area contributed by atoms with Crippen LogP contribution in [0.1, 0.15) is 13.3 Å². The molecule has 2 rings (SSSR count). The number of hydrogen-bond donors (Lipinski definition) is 2. The number of hydrogen-bond acceptors (Lipinski definition) is 5. The summed E-state index contributed by atoms with van der Waals surface area (Å²) in [5.74, 6) is -0.953. The zero-order valence-corrected chi connectivity index (χ0v) is 11.9. The average Bonchev–Trinajstić information content (AvgIpc) is 2.44. The van der Waals surface area contributed by atoms with Crippen molar-refractivity contribution >= 4 is 23.3 Å². The van der Waals surface area contributed by atoms with Crippen LogP contribution in [0, 0.1) is 0 Å². The van der Waals surface area contributed by atoms with Crippen LogP contribution in [0.25, 0.3) is 0 Å². The van der Waals surface area contributed by atoms with E-state index in [4.69, 9.17) is 11.6 Å². The zero-order chi connectivity index (χ0) is 14.7. The fourth-order valence-electron chi connectivity index (χ4n) is 2.24. The first kappa shape index (κ1) is 14.8. The largest absolute Gasteiger partial charge is 0.480 e. The molecule has 1 aliphatic heterocycles. The number of rotatable bonds is 4. The molecule has 0 amide bonds. The van der Waals surface area contributed by atoms with Crippen molar-refractivity contribution in [3.63, 3.8) is 0 Å². The highest BCUT2D eigenvalue weighted by molar-refractivity contribution is 6.33. The van der Waals surface area contributed by atoms with Gasteiger partial charge >= 0.3 is 5.97 Å². The Balaban J connectivity index is 2.39. The molecule has 2 N–H and O–H groups in total. The van der Waals surface area contributed by atoms with Gasteiger partial charge in [0.05, 0.1) is 11.9 Å². The molecule has 1 atom stereocenters. The van der Waals surface area contributed by atoms with Crippen molar-refractivity contribution in [1.82, 2.24) is 15.1 Å². The lowest BCUT2D eigenvalue weighted by Crippen LogP contribution is -2.55. The molecule has 0 aromatic carbocycles. The van der Waals surface area contributed by atoms with E-state index >= 15 is 0 Å². The van der Waals surface area contributed by atoms with Gasteiger partial charge in [0.1, 0.15) is 11.1 Å². The summed E-state index contributed by atoms with van der Waals surface area (Å²) in [6.07, 6.45) is 2.24. The van der Waals surface area contributed by atoms with Crippen LogP contribution >= 0.6 is 11.6 Å². The number of nitrogens with one attached hydrogen (secondary N) is 1. The smallest absolute Gasteiger partial charge is 0.327 e. The standard InChI is InChI=1S/C12H17ClN4O3/c1-2-4-17-11(18)10(13)8(7-15-17)16-5-3-14-6-9(16)12(19)20/h7,9,14H,2-6H2,1H3,(H,19,20). The Morgan fingerprint density at radius 3 is 3.05 bits per heavy atom. The van der Waals surface area contributed by atoms with Gasteiger partial charge in [0, 0.05) is 26.2 Å². The number of piperazine rings is 1. The van der Waals surface area contributed by atoms with Crippen LogP contribution in [0.4, 0.5) is 5.69 Å². The maximum Gasteiger partial charge on any atom is 0.327 e. The van der Waals surface area contributed by atoms with Gasteiger partial charge in [-0.25, -0.2) is 9.48 Å². The predicted molar refractivity (Wildman–Crippen MR) is 75.4 cm³/mol. The normalized spacial score (nSPS) is 19.1. The van der Waals surface area contributed by atoms with E-state index in [2.05, 4.69) is 10.4 Å². The second-order valence-electron chi connectivity index (χ2n) is 4.62. The number of aliphatic carboxylic acids is 1. The van der Waals surface area contributed by atoms with Crippen molar-refractivity contribution in [2.45, 2.75) is 25.9 Å². The molecule has 0 radical (unpaired) electrons. The number of halogens is 1. The van der Waals surface area contributed by atoms with Crippen molar-refractivity contribution < 1.29 is 9.90 Å². The molecule has 0 saturated carbocycles. The third-order valence-electron chi connectivity index (χ3n) is 3.24. The molecule has 1 aliphatic rings. The summed E-state index contributed by atoms with van der Waals surface area (Å²) in [5.41, 5.74) is 0.00612. The fourth-order valence-corrected chi connectivity index (χ4v) is 2.50. The first-order valence-electron chi connectivity index (χ1n) is 6.52. The van der Waals surface area contributed by atoms with Crippen LogP contribution in [0.15, 0.2) is 11.0 Å². The average molecular weight is 301 g/mol. The number of carbonyl (C=O) groups is 1. The summed E-state index contributed by atoms with van der Waals surface area (Å²) in [6, 6.07) is -0.746. The van der Waals surface area contributed by atoms with Gasteiger partial charge in [-0.1, -0.05) is 18.5 Å². The van der Waals surface area contributed by atoms with Gasteiger partial charge in [0.15, 0.2) is 0 Å². The molecular formula is C12H17ClN4O3. The van der Waals surface area contributed by atoms with Gasteiger partial charge in [-0.3, -0.25) is 4.79 Å². The minimum Gasteiger partial charge on any atom is -0.480 e. The van der Waals surface area contributed by atoms with E-state index in [1.807, 2.05) is 6.92 Å². The Bertz CT molecular complexity index is 560. The zero-order valence-electron chi connectivity index (χ0n) is 11.2. The van der Waals surface area contributed by atoms with Gasteiger partial charge in [-0.05, 0) is 6.42 Å². The summed E-state index contributed by atoms with van der Waals surface area (Å²) < 4.78 is 1.30. The summed E-state index contributed by atoms with van der Waals surface area (Å²) in [5, 5.41) is 16.3. The molecule has 1 fully saturated rings. The summed E-state index contributed by atoms with van der Waals surface area (Å²) in [6.45, 7) is 3.84. The summed E-state index contributed by atoms with van der Waals surface area (Å²) in [4.78, 5) is 25.0. The quantitative estimate of drug-likeness (QED) is 0.824. The van der Waals surface area contributed by atoms with E-state index in [-0.39, 0.29) is 10.6 Å². The maximum atomic E-state index is 12.1. The Hall–Kier alpha value is -1.60. The molecule has 1 unspecified atom stereocenters. The second kappa shape index (κ2) is 6.23. The SMILES string of the molecule is CCCn1ncc(N2CCNCC2C(=O)O)c(Cl)c1=O. The molecule has 7 nitrogen and oxygen atoms in total. The van der Waals surface area contributed by atoms with Crippen molar-refractivity contribution in [3.8, 4) is 0 Å². The fraction of sp³-hybridized carbons (Fsp3) is 0.583. The molecule has 0 aliphatic carbocycles. The summed E-state index contributed by atoms with van der Waals surface area (Å²) in [7, 11) is 0. The van der Waals surface area contributed by atoms with E-state index in [0.717, 1.165) is 6.42 Å². The van der Waals surface area contributed by atoms with Gasteiger partial charge < -0.3 is 15.3 Å². The van der Waals surface area contributed by atoms with Crippen molar-refractivity contribution in [2.75, 3.05) is 24.5 Å². The number of aromatic nitrogens is 2. The Labute approximate surface area is 121 Å². The van der Waals surface area contributed by atoms with Crippen molar-refractivity contribution in [3.05, 3.63) is 21.6 Å². The molecule has 20 heavy (non-hydrogen) atoms. The minimum absolute atomic E-state index is 0.0293. The van der Waals surface area contributed by atoms with Crippen molar-refractivity contribution in [2.24, 2.45) is 0 Å². The third-order valence-corrected chi connectivity index (χ3v) is 3.60. The highest BCUT2D eigenvalue weighted by Gasteiger charge is 2.30. The van der Waals surface area contributed by atoms with E-state index in [0.29, 0.717) is 31.9 Å². The van der Waals surface area contributed by atoms with Gasteiger partial charge in [0.2, 0.25) is 0 Å². The minimum atomic E-state index is -0.953. The lowest BCUT2D eigenvalue weighted by molar-refractivity contribution is -0.138. The second-order valence-corrected chi connectivity index (χ2v) is 5.00. The lowest BCUT2D eigenvalue weighted by Gasteiger charge is -2.35. The Morgan fingerprint density at radius 1 is 1.65 bits per heavy atom. The van der Waals surface area contributed by atoms with E-state index in [1.54, 1.807) is 4.90 Å². The number of anilines is 1. The maximum absolute atomic E-state index is 12.1. The number of carboxylic acids is 1. The number of nitrogens with zero attached hydrogens (tertiary/aromatic N) is 3. The van der Waals surface area contributed by atoms with Crippen LogP contribution < -0.4 is 15.8 Å². The molecule has 0 bridgehead atoms. The Kier molecular flexibility index (Phi) is 4.61. The van der Waals surface area contributed by atoms with Crippen LogP contribution in [-0.2, 0) is 11.3 Å². The van der Waals surface area contributed by atoms with Crippen LogP contribution in [0.2, 0.25) is 5.02 Å². The van der Waals surface area contributed by atoms with Crippen LogP contribution in [0.3, 0.4) is 0 Å². The first-order valence-corrected chi connectivity index (χ1v) is 6.89. The van der Waals surface area contributed by atoms with Gasteiger partial charge in [-0.2, -0.15) is 5.10 Å². The highest BCUT2D eigenvalue weighted by Crippen LogP contribution is 2.24. The van der Waals surface area contributed by atoms with Crippen molar-refractivity contribution in [1.29, 1.82) is 0 Å². The molecule has 2 heterocycles. The topological polar surface area (TPSA) is 87.5 Å². The van der Waals surface area contributed by atoms with E-state index in [1.165, 1.54) is 10.9 Å². The van der Waals surface area contributed by atoms with Gasteiger partial charge in [0.25, 0.3) is 5.56 Å².